The standard InChI is InChI=1S/C17H9ClN2O2/c18-15-8-6-10-9-11(5-7-12(10)19-15)16(21)17-20-13-3-1-2-4-14(13)22-17/h1-9H. The summed E-state index contributed by atoms with van der Waals surface area (Å²) in [4.78, 5) is 21.0. The first kappa shape index (κ1) is 13.0. The van der Waals surface area contributed by atoms with Gasteiger partial charge in [-0.05, 0) is 42.5 Å². The lowest BCUT2D eigenvalue weighted by Gasteiger charge is -2.01. The van der Waals surface area contributed by atoms with E-state index < -0.39 is 0 Å². The summed E-state index contributed by atoms with van der Waals surface area (Å²) in [5.41, 5.74) is 2.50. The number of fused-ring (bicyclic) bond motifs is 2. The van der Waals surface area contributed by atoms with Gasteiger partial charge in [0.25, 0.3) is 5.89 Å². The van der Waals surface area contributed by atoms with E-state index in [9.17, 15) is 4.79 Å². The molecule has 0 unspecified atom stereocenters. The molecule has 0 spiro atoms. The van der Waals surface area contributed by atoms with Crippen molar-refractivity contribution in [2.75, 3.05) is 0 Å². The second-order valence-electron chi connectivity index (χ2n) is 4.86. The normalized spacial score (nSPS) is 11.1. The van der Waals surface area contributed by atoms with E-state index in [0.717, 1.165) is 10.9 Å². The topological polar surface area (TPSA) is 56.0 Å². The maximum atomic E-state index is 12.5. The maximum absolute atomic E-state index is 12.5. The Morgan fingerprint density at radius 3 is 2.68 bits per heavy atom. The Hall–Kier alpha value is -2.72. The smallest absolute Gasteiger partial charge is 0.269 e. The van der Waals surface area contributed by atoms with Gasteiger partial charge in [-0.2, -0.15) is 0 Å². The molecule has 0 saturated carbocycles. The molecule has 106 valence electrons. The lowest BCUT2D eigenvalue weighted by atomic mass is 10.1. The highest BCUT2D eigenvalue weighted by atomic mass is 35.5. The Morgan fingerprint density at radius 2 is 1.82 bits per heavy atom. The number of carbonyl (C=O) groups excluding carboxylic acids is 1. The molecule has 2 aromatic heterocycles. The minimum Gasteiger partial charge on any atom is -0.433 e. The van der Waals surface area contributed by atoms with Gasteiger partial charge in [0.05, 0.1) is 5.52 Å². The molecular weight excluding hydrogens is 300 g/mol. The van der Waals surface area contributed by atoms with Crippen LogP contribution in [0.3, 0.4) is 0 Å². The SMILES string of the molecule is O=C(c1ccc2nc(Cl)ccc2c1)c1nc2ccccc2o1. The number of nitrogens with zero attached hydrogens (tertiary/aromatic N) is 2. The summed E-state index contributed by atoms with van der Waals surface area (Å²) in [6.07, 6.45) is 0. The molecule has 22 heavy (non-hydrogen) atoms. The molecule has 2 heterocycles. The Balaban J connectivity index is 1.80. The molecule has 0 aliphatic carbocycles. The van der Waals surface area contributed by atoms with Gasteiger partial charge in [0.2, 0.25) is 5.78 Å². The van der Waals surface area contributed by atoms with Crippen LogP contribution in [-0.4, -0.2) is 15.8 Å². The zero-order chi connectivity index (χ0) is 15.1. The van der Waals surface area contributed by atoms with Crippen molar-refractivity contribution in [3.8, 4) is 0 Å². The van der Waals surface area contributed by atoms with Crippen LogP contribution in [0.4, 0.5) is 0 Å². The van der Waals surface area contributed by atoms with Crippen molar-refractivity contribution in [3.05, 3.63) is 71.2 Å². The lowest BCUT2D eigenvalue weighted by molar-refractivity contribution is 0.100. The summed E-state index contributed by atoms with van der Waals surface area (Å²) >= 11 is 5.86. The largest absolute Gasteiger partial charge is 0.433 e. The van der Waals surface area contributed by atoms with E-state index in [1.165, 1.54) is 0 Å². The Labute approximate surface area is 130 Å². The number of halogens is 1. The first-order chi connectivity index (χ1) is 10.7. The number of para-hydroxylation sites is 2. The number of carbonyl (C=O) groups is 1. The van der Waals surface area contributed by atoms with Gasteiger partial charge >= 0.3 is 0 Å². The fraction of sp³-hybridized carbons (Fsp3) is 0. The highest BCUT2D eigenvalue weighted by Crippen LogP contribution is 2.21. The van der Waals surface area contributed by atoms with E-state index in [1.807, 2.05) is 24.3 Å². The molecule has 0 saturated heterocycles. The van der Waals surface area contributed by atoms with Gasteiger partial charge in [-0.15, -0.1) is 0 Å². The summed E-state index contributed by atoms with van der Waals surface area (Å²) in [5.74, 6) is -0.171. The zero-order valence-electron chi connectivity index (χ0n) is 11.3. The van der Waals surface area contributed by atoms with E-state index in [4.69, 9.17) is 16.0 Å². The third-order valence-corrected chi connectivity index (χ3v) is 3.62. The number of aromatic nitrogens is 2. The van der Waals surface area contributed by atoms with Gasteiger partial charge in [0, 0.05) is 10.9 Å². The van der Waals surface area contributed by atoms with E-state index in [-0.39, 0.29) is 11.7 Å². The highest BCUT2D eigenvalue weighted by molar-refractivity contribution is 6.29. The van der Waals surface area contributed by atoms with Crippen molar-refractivity contribution in [1.29, 1.82) is 0 Å². The second kappa shape index (κ2) is 4.93. The molecule has 2 aromatic carbocycles. The molecule has 0 aliphatic heterocycles. The van der Waals surface area contributed by atoms with Crippen molar-refractivity contribution >= 4 is 39.4 Å². The van der Waals surface area contributed by atoms with Crippen molar-refractivity contribution in [2.24, 2.45) is 0 Å². The fourth-order valence-corrected chi connectivity index (χ4v) is 2.49. The number of rotatable bonds is 2. The van der Waals surface area contributed by atoms with Crippen molar-refractivity contribution in [1.82, 2.24) is 9.97 Å². The van der Waals surface area contributed by atoms with Crippen LogP contribution in [0.15, 0.2) is 59.0 Å². The number of oxazole rings is 1. The number of hydrogen-bond acceptors (Lipinski definition) is 4. The third kappa shape index (κ3) is 2.14. The average Bonchev–Trinajstić information content (AvgIpc) is 2.97. The quantitative estimate of drug-likeness (QED) is 0.410. The van der Waals surface area contributed by atoms with Gasteiger partial charge in [0.1, 0.15) is 10.7 Å². The van der Waals surface area contributed by atoms with E-state index in [1.54, 1.807) is 30.3 Å². The number of benzene rings is 2. The van der Waals surface area contributed by atoms with E-state index in [0.29, 0.717) is 21.8 Å². The molecule has 5 heteroatoms. The Kier molecular flexibility index (Phi) is 2.91. The first-order valence-electron chi connectivity index (χ1n) is 6.67. The van der Waals surface area contributed by atoms with Crippen LogP contribution in [0.25, 0.3) is 22.0 Å². The number of pyridine rings is 1. The van der Waals surface area contributed by atoms with Crippen LogP contribution in [0, 0.1) is 0 Å². The van der Waals surface area contributed by atoms with Gasteiger partial charge in [-0.1, -0.05) is 23.7 Å². The van der Waals surface area contributed by atoms with Crippen molar-refractivity contribution in [2.45, 2.75) is 0 Å². The Bertz CT molecular complexity index is 990. The van der Waals surface area contributed by atoms with Crippen LogP contribution in [0.5, 0.6) is 0 Å². The average molecular weight is 309 g/mol. The summed E-state index contributed by atoms with van der Waals surface area (Å²) < 4.78 is 5.52. The van der Waals surface area contributed by atoms with Gasteiger partial charge in [-0.3, -0.25) is 4.79 Å². The minimum atomic E-state index is -0.256. The lowest BCUT2D eigenvalue weighted by Crippen LogP contribution is -2.01. The zero-order valence-corrected chi connectivity index (χ0v) is 12.0. The molecule has 4 aromatic rings. The fourth-order valence-electron chi connectivity index (χ4n) is 2.33. The van der Waals surface area contributed by atoms with Gasteiger partial charge in [-0.25, -0.2) is 9.97 Å². The molecule has 0 amide bonds. The summed E-state index contributed by atoms with van der Waals surface area (Å²) in [5, 5.41) is 1.26. The minimum absolute atomic E-state index is 0.0856. The van der Waals surface area contributed by atoms with Gasteiger partial charge in [0.15, 0.2) is 5.58 Å². The monoisotopic (exact) mass is 308 g/mol. The maximum Gasteiger partial charge on any atom is 0.269 e. The molecule has 0 N–H and O–H groups in total. The van der Waals surface area contributed by atoms with Crippen LogP contribution in [-0.2, 0) is 0 Å². The summed E-state index contributed by atoms with van der Waals surface area (Å²) in [6, 6.07) is 16.0. The van der Waals surface area contributed by atoms with E-state index >= 15 is 0 Å². The molecular formula is C17H9ClN2O2. The Morgan fingerprint density at radius 1 is 0.955 bits per heavy atom. The molecule has 0 aliphatic rings. The van der Waals surface area contributed by atoms with Crippen LogP contribution in [0.1, 0.15) is 16.2 Å². The predicted molar refractivity (Wildman–Crippen MR) is 84.2 cm³/mol. The van der Waals surface area contributed by atoms with Crippen molar-refractivity contribution < 1.29 is 9.21 Å². The molecule has 4 nitrogen and oxygen atoms in total. The molecule has 0 fully saturated rings. The third-order valence-electron chi connectivity index (χ3n) is 3.41. The number of ketones is 1. The highest BCUT2D eigenvalue weighted by Gasteiger charge is 2.16. The number of hydrogen-bond donors (Lipinski definition) is 0. The van der Waals surface area contributed by atoms with Crippen LogP contribution < -0.4 is 0 Å². The molecule has 4 rings (SSSR count). The molecule has 0 bridgehead atoms. The second-order valence-corrected chi connectivity index (χ2v) is 5.24. The van der Waals surface area contributed by atoms with Crippen molar-refractivity contribution in [3.63, 3.8) is 0 Å². The van der Waals surface area contributed by atoms with Crippen LogP contribution in [0.2, 0.25) is 5.15 Å². The molecule has 0 atom stereocenters. The van der Waals surface area contributed by atoms with Gasteiger partial charge < -0.3 is 4.42 Å². The summed E-state index contributed by atoms with van der Waals surface area (Å²) in [6.45, 7) is 0. The van der Waals surface area contributed by atoms with Crippen LogP contribution >= 0.6 is 11.6 Å². The summed E-state index contributed by atoms with van der Waals surface area (Å²) in [7, 11) is 0. The first-order valence-corrected chi connectivity index (χ1v) is 7.05. The van der Waals surface area contributed by atoms with E-state index in [2.05, 4.69) is 9.97 Å². The predicted octanol–water partition coefficient (Wildman–Crippen LogP) is 4.26. The molecule has 0 radical (unpaired) electrons.